The molecule has 0 aliphatic heterocycles. The molecular formula is C5H7NO3. The minimum Gasteiger partial charge on any atom is -0.479 e. The van der Waals surface area contributed by atoms with Gasteiger partial charge in [0.05, 0.1) is 5.56 Å². The van der Waals surface area contributed by atoms with Gasteiger partial charge in [0, 0.05) is 7.05 Å². The van der Waals surface area contributed by atoms with E-state index in [4.69, 9.17) is 5.11 Å². The molecule has 0 spiro atoms. The number of hydrogen-bond donors (Lipinski definition) is 1. The van der Waals surface area contributed by atoms with Crippen molar-refractivity contribution < 1.29 is 9.63 Å². The van der Waals surface area contributed by atoms with Crippen molar-refractivity contribution in [2.45, 2.75) is 6.92 Å². The highest BCUT2D eigenvalue weighted by molar-refractivity contribution is 5.15. The number of hydrogen-bond acceptors (Lipinski definition) is 3. The van der Waals surface area contributed by atoms with Gasteiger partial charge in [-0.1, -0.05) is 0 Å². The molecule has 0 aromatic carbocycles. The molecule has 0 unspecified atom stereocenters. The van der Waals surface area contributed by atoms with E-state index in [-0.39, 0.29) is 17.1 Å². The SMILES string of the molecule is Cc1c(O)on(C)c1=O. The molecule has 0 aliphatic carbocycles. The number of aryl methyl sites for hydroxylation is 1. The number of nitrogens with zero attached hydrogens (tertiary/aromatic N) is 1. The summed E-state index contributed by atoms with van der Waals surface area (Å²) in [6, 6.07) is 0. The van der Waals surface area contributed by atoms with Crippen molar-refractivity contribution in [2.24, 2.45) is 7.05 Å². The largest absolute Gasteiger partial charge is 0.479 e. The summed E-state index contributed by atoms with van der Waals surface area (Å²) in [7, 11) is 1.44. The van der Waals surface area contributed by atoms with E-state index in [1.807, 2.05) is 0 Å². The maximum absolute atomic E-state index is 10.7. The Hall–Kier alpha value is -1.19. The third-order valence-electron chi connectivity index (χ3n) is 1.15. The first kappa shape index (κ1) is 5.94. The Morgan fingerprint density at radius 1 is 1.67 bits per heavy atom. The zero-order chi connectivity index (χ0) is 7.02. The van der Waals surface area contributed by atoms with Gasteiger partial charge >= 0.3 is 5.95 Å². The zero-order valence-corrected chi connectivity index (χ0v) is 5.21. The Morgan fingerprint density at radius 3 is 2.33 bits per heavy atom. The van der Waals surface area contributed by atoms with Crippen LogP contribution in [0.2, 0.25) is 0 Å². The molecule has 50 valence electrons. The van der Waals surface area contributed by atoms with E-state index in [0.717, 1.165) is 4.74 Å². The summed E-state index contributed by atoms with van der Waals surface area (Å²) in [5, 5.41) is 8.73. The highest BCUT2D eigenvalue weighted by Gasteiger charge is 2.06. The molecule has 0 fully saturated rings. The summed E-state index contributed by atoms with van der Waals surface area (Å²) < 4.78 is 5.48. The molecule has 0 saturated carbocycles. The number of aromatic nitrogens is 1. The molecule has 4 heteroatoms. The molecule has 1 heterocycles. The van der Waals surface area contributed by atoms with Crippen LogP contribution in [0.5, 0.6) is 5.95 Å². The molecule has 9 heavy (non-hydrogen) atoms. The van der Waals surface area contributed by atoms with Crippen molar-refractivity contribution in [1.82, 2.24) is 4.74 Å². The van der Waals surface area contributed by atoms with E-state index in [1.54, 1.807) is 0 Å². The normalized spacial score (nSPS) is 10.0. The Balaban J connectivity index is 3.48. The van der Waals surface area contributed by atoms with E-state index in [2.05, 4.69) is 4.52 Å². The van der Waals surface area contributed by atoms with Gasteiger partial charge in [0.25, 0.3) is 5.56 Å². The van der Waals surface area contributed by atoms with Crippen molar-refractivity contribution in [1.29, 1.82) is 0 Å². The molecule has 1 N–H and O–H groups in total. The van der Waals surface area contributed by atoms with Crippen molar-refractivity contribution in [3.8, 4) is 5.95 Å². The summed E-state index contributed by atoms with van der Waals surface area (Å²) in [6.45, 7) is 1.50. The van der Waals surface area contributed by atoms with Crippen molar-refractivity contribution >= 4 is 0 Å². The number of aromatic hydroxyl groups is 1. The molecule has 1 aromatic rings. The van der Waals surface area contributed by atoms with Crippen LogP contribution in [0.25, 0.3) is 0 Å². The van der Waals surface area contributed by atoms with Crippen LogP contribution in [-0.4, -0.2) is 9.85 Å². The Kier molecular flexibility index (Phi) is 1.09. The van der Waals surface area contributed by atoms with Gasteiger partial charge in [0.15, 0.2) is 0 Å². The first-order chi connectivity index (χ1) is 4.13. The zero-order valence-electron chi connectivity index (χ0n) is 5.21. The van der Waals surface area contributed by atoms with Crippen LogP contribution in [0.3, 0.4) is 0 Å². The van der Waals surface area contributed by atoms with E-state index in [0.29, 0.717) is 0 Å². The van der Waals surface area contributed by atoms with Crippen LogP contribution in [-0.2, 0) is 7.05 Å². The van der Waals surface area contributed by atoms with Crippen molar-refractivity contribution in [2.75, 3.05) is 0 Å². The smallest absolute Gasteiger partial charge is 0.313 e. The van der Waals surface area contributed by atoms with Gasteiger partial charge in [-0.15, -0.1) is 0 Å². The lowest BCUT2D eigenvalue weighted by Crippen LogP contribution is -2.10. The molecule has 0 bridgehead atoms. The van der Waals surface area contributed by atoms with Crippen LogP contribution < -0.4 is 5.56 Å². The highest BCUT2D eigenvalue weighted by atomic mass is 16.6. The fourth-order valence-electron chi connectivity index (χ4n) is 0.567. The molecule has 0 radical (unpaired) electrons. The number of rotatable bonds is 0. The predicted molar refractivity (Wildman–Crippen MR) is 30.4 cm³/mol. The predicted octanol–water partition coefficient (Wildman–Crippen LogP) is -0.00768. The second-order valence-corrected chi connectivity index (χ2v) is 1.82. The molecule has 0 saturated heterocycles. The third-order valence-corrected chi connectivity index (χ3v) is 1.15. The quantitative estimate of drug-likeness (QED) is 0.536. The summed E-state index contributed by atoms with van der Waals surface area (Å²) in [5.74, 6) is -0.303. The average Bonchev–Trinajstić information content (AvgIpc) is 1.98. The maximum atomic E-state index is 10.7. The molecule has 0 aliphatic rings. The monoisotopic (exact) mass is 129 g/mol. The molecule has 1 aromatic heterocycles. The van der Waals surface area contributed by atoms with Gasteiger partial charge in [0.1, 0.15) is 0 Å². The van der Waals surface area contributed by atoms with E-state index in [1.165, 1.54) is 14.0 Å². The first-order valence-corrected chi connectivity index (χ1v) is 2.49. The molecule has 0 atom stereocenters. The Bertz CT molecular complexity index is 270. The van der Waals surface area contributed by atoms with Gasteiger partial charge in [-0.3, -0.25) is 4.79 Å². The minimum atomic E-state index is -0.303. The van der Waals surface area contributed by atoms with Gasteiger partial charge in [0.2, 0.25) is 0 Å². The van der Waals surface area contributed by atoms with Crippen molar-refractivity contribution in [3.05, 3.63) is 15.9 Å². The van der Waals surface area contributed by atoms with Crippen LogP contribution >= 0.6 is 0 Å². The van der Waals surface area contributed by atoms with Crippen molar-refractivity contribution in [3.63, 3.8) is 0 Å². The van der Waals surface area contributed by atoms with Gasteiger partial charge < -0.3 is 9.63 Å². The molecular weight excluding hydrogens is 122 g/mol. The lowest BCUT2D eigenvalue weighted by atomic mass is 10.4. The topological polar surface area (TPSA) is 55.4 Å². The van der Waals surface area contributed by atoms with Crippen LogP contribution in [0.4, 0.5) is 0 Å². The lowest BCUT2D eigenvalue weighted by Gasteiger charge is -1.79. The third kappa shape index (κ3) is 0.718. The second kappa shape index (κ2) is 1.65. The summed E-state index contributed by atoms with van der Waals surface area (Å²) in [5.41, 5.74) is -0.0509. The molecule has 0 amide bonds. The average molecular weight is 129 g/mol. The maximum Gasteiger partial charge on any atom is 0.313 e. The highest BCUT2D eigenvalue weighted by Crippen LogP contribution is 2.08. The summed E-state index contributed by atoms with van der Waals surface area (Å²) in [6.07, 6.45) is 0. The first-order valence-electron chi connectivity index (χ1n) is 2.49. The summed E-state index contributed by atoms with van der Waals surface area (Å²) >= 11 is 0. The summed E-state index contributed by atoms with van der Waals surface area (Å²) in [4.78, 5) is 10.7. The van der Waals surface area contributed by atoms with Gasteiger partial charge in [-0.25, -0.2) is 0 Å². The lowest BCUT2D eigenvalue weighted by molar-refractivity contribution is 0.216. The second-order valence-electron chi connectivity index (χ2n) is 1.82. The Morgan fingerprint density at radius 2 is 2.22 bits per heavy atom. The fraction of sp³-hybridized carbons (Fsp3) is 0.400. The fourth-order valence-corrected chi connectivity index (χ4v) is 0.567. The molecule has 1 rings (SSSR count). The minimum absolute atomic E-state index is 0.248. The van der Waals surface area contributed by atoms with Crippen LogP contribution in [0.15, 0.2) is 9.32 Å². The molecule has 4 nitrogen and oxygen atoms in total. The van der Waals surface area contributed by atoms with Gasteiger partial charge in [-0.2, -0.15) is 4.74 Å². The van der Waals surface area contributed by atoms with Crippen LogP contribution in [0.1, 0.15) is 5.56 Å². The van der Waals surface area contributed by atoms with E-state index in [9.17, 15) is 4.79 Å². The Labute approximate surface area is 51.3 Å². The van der Waals surface area contributed by atoms with Crippen LogP contribution in [0, 0.1) is 6.92 Å². The van der Waals surface area contributed by atoms with E-state index < -0.39 is 0 Å². The standard InChI is InChI=1S/C5H7NO3/c1-3-4(7)6(2)9-5(3)8/h8H,1-2H3. The van der Waals surface area contributed by atoms with E-state index >= 15 is 0 Å². The van der Waals surface area contributed by atoms with Gasteiger partial charge in [-0.05, 0) is 6.92 Å².